The van der Waals surface area contributed by atoms with Crippen LogP contribution < -0.4 is 10.2 Å². The van der Waals surface area contributed by atoms with Crippen molar-refractivity contribution < 1.29 is 19.1 Å². The molecule has 0 saturated carbocycles. The molecule has 32 heavy (non-hydrogen) atoms. The highest BCUT2D eigenvalue weighted by Gasteiger charge is 2.29. The number of rotatable bonds is 7. The van der Waals surface area contributed by atoms with Gasteiger partial charge in [-0.05, 0) is 45.2 Å². The zero-order chi connectivity index (χ0) is 23.3. The van der Waals surface area contributed by atoms with Crippen molar-refractivity contribution in [3.8, 4) is 0 Å². The fraction of sp³-hybridized carbons (Fsp3) is 0.522. The van der Waals surface area contributed by atoms with Gasteiger partial charge in [0.05, 0.1) is 0 Å². The maximum atomic E-state index is 12.3. The van der Waals surface area contributed by atoms with E-state index in [-0.39, 0.29) is 12.8 Å². The Morgan fingerprint density at radius 2 is 2.09 bits per heavy atom. The van der Waals surface area contributed by atoms with Gasteiger partial charge in [-0.15, -0.1) is 0 Å². The van der Waals surface area contributed by atoms with Crippen molar-refractivity contribution in [2.75, 3.05) is 25.1 Å². The lowest BCUT2D eigenvalue weighted by molar-refractivity contribution is 0.0499. The minimum atomic E-state index is -0.557. The molecule has 1 aromatic carbocycles. The van der Waals surface area contributed by atoms with Crippen molar-refractivity contribution >= 4 is 29.8 Å². The number of methoxy groups -OCH3 is 1. The van der Waals surface area contributed by atoms with Crippen LogP contribution in [0.5, 0.6) is 0 Å². The first-order valence-corrected chi connectivity index (χ1v) is 11.1. The second-order valence-corrected chi connectivity index (χ2v) is 9.33. The molecule has 1 fully saturated rings. The van der Waals surface area contributed by atoms with Crippen LogP contribution in [-0.4, -0.2) is 54.0 Å². The van der Waals surface area contributed by atoms with Gasteiger partial charge in [0.25, 0.3) is 0 Å². The number of hydrogen-bond acceptors (Lipinski definition) is 6. The SMILES string of the molecule is COCn1nc(N2CCC[C@@H](NC(=O)OC(C)(C)C)C2)c(Cc2ccccc2Cl)c1C=O. The average molecular weight is 463 g/mol. The molecule has 0 unspecified atom stereocenters. The summed E-state index contributed by atoms with van der Waals surface area (Å²) in [6, 6.07) is 7.48. The van der Waals surface area contributed by atoms with Crippen LogP contribution in [0.15, 0.2) is 24.3 Å². The summed E-state index contributed by atoms with van der Waals surface area (Å²) in [6.07, 6.45) is 2.56. The van der Waals surface area contributed by atoms with Crippen LogP contribution in [0.25, 0.3) is 0 Å². The van der Waals surface area contributed by atoms with E-state index in [9.17, 15) is 9.59 Å². The monoisotopic (exact) mass is 462 g/mol. The van der Waals surface area contributed by atoms with Gasteiger partial charge in [-0.3, -0.25) is 4.79 Å². The number of aldehydes is 1. The zero-order valence-electron chi connectivity index (χ0n) is 19.1. The Labute approximate surface area is 193 Å². The normalized spacial score (nSPS) is 16.7. The van der Waals surface area contributed by atoms with E-state index in [1.807, 2.05) is 45.0 Å². The molecular weight excluding hydrogens is 432 g/mol. The molecule has 8 nitrogen and oxygen atoms in total. The highest BCUT2D eigenvalue weighted by Crippen LogP contribution is 2.30. The molecule has 0 aliphatic carbocycles. The van der Waals surface area contributed by atoms with Gasteiger partial charge in [0.2, 0.25) is 0 Å². The Hall–Kier alpha value is -2.58. The molecule has 0 spiro atoms. The van der Waals surface area contributed by atoms with Crippen LogP contribution in [0, 0.1) is 0 Å². The zero-order valence-corrected chi connectivity index (χ0v) is 19.8. The summed E-state index contributed by atoms with van der Waals surface area (Å²) in [5, 5.41) is 8.29. The van der Waals surface area contributed by atoms with Crippen molar-refractivity contribution in [2.45, 2.75) is 58.4 Å². The topological polar surface area (TPSA) is 85.7 Å². The predicted octanol–water partition coefficient (Wildman–Crippen LogP) is 4.04. The van der Waals surface area contributed by atoms with Crippen LogP contribution in [0.4, 0.5) is 10.6 Å². The van der Waals surface area contributed by atoms with E-state index in [0.29, 0.717) is 29.5 Å². The summed E-state index contributed by atoms with van der Waals surface area (Å²) in [4.78, 5) is 26.4. The molecule has 1 atom stereocenters. The van der Waals surface area contributed by atoms with Crippen molar-refractivity contribution in [1.82, 2.24) is 15.1 Å². The number of nitrogens with zero attached hydrogens (tertiary/aromatic N) is 3. The van der Waals surface area contributed by atoms with Crippen LogP contribution in [-0.2, 0) is 22.6 Å². The van der Waals surface area contributed by atoms with E-state index in [0.717, 1.165) is 36.8 Å². The van der Waals surface area contributed by atoms with Gasteiger partial charge in [-0.1, -0.05) is 29.8 Å². The number of nitrogens with one attached hydrogen (secondary N) is 1. The molecule has 174 valence electrons. The molecule has 0 bridgehead atoms. The number of aromatic nitrogens is 2. The van der Waals surface area contributed by atoms with E-state index < -0.39 is 11.7 Å². The molecule has 2 aromatic rings. The number of piperidine rings is 1. The van der Waals surface area contributed by atoms with E-state index in [1.165, 1.54) is 0 Å². The molecule has 1 aliphatic heterocycles. The molecular formula is C23H31ClN4O4. The fourth-order valence-corrected chi connectivity index (χ4v) is 4.07. The third kappa shape index (κ3) is 6.01. The van der Waals surface area contributed by atoms with Crippen molar-refractivity contribution in [1.29, 1.82) is 0 Å². The van der Waals surface area contributed by atoms with E-state index in [2.05, 4.69) is 10.2 Å². The molecule has 2 heterocycles. The summed E-state index contributed by atoms with van der Waals surface area (Å²) in [5.41, 5.74) is 1.61. The lowest BCUT2D eigenvalue weighted by Gasteiger charge is -2.34. The molecule has 1 aliphatic rings. The third-order valence-electron chi connectivity index (χ3n) is 5.20. The quantitative estimate of drug-likeness (QED) is 0.625. The molecule has 1 aromatic heterocycles. The van der Waals surface area contributed by atoms with Gasteiger partial charge in [0.15, 0.2) is 12.1 Å². The summed E-state index contributed by atoms with van der Waals surface area (Å²) in [6.45, 7) is 7.01. The number of halogens is 1. The molecule has 9 heteroatoms. The molecule has 0 radical (unpaired) electrons. The Morgan fingerprint density at radius 3 is 2.75 bits per heavy atom. The molecule has 1 amide bonds. The van der Waals surface area contributed by atoms with Crippen LogP contribution in [0.1, 0.15) is 55.2 Å². The average Bonchev–Trinajstić information content (AvgIpc) is 3.06. The minimum Gasteiger partial charge on any atom is -0.444 e. The molecule has 1 saturated heterocycles. The first-order valence-electron chi connectivity index (χ1n) is 10.7. The lowest BCUT2D eigenvalue weighted by atomic mass is 10.0. The molecule has 1 N–H and O–H groups in total. The van der Waals surface area contributed by atoms with E-state index in [4.69, 9.17) is 26.2 Å². The summed E-state index contributed by atoms with van der Waals surface area (Å²) in [5.74, 6) is 0.708. The minimum absolute atomic E-state index is 0.0842. The number of benzene rings is 1. The number of hydrogen-bond donors (Lipinski definition) is 1. The van der Waals surface area contributed by atoms with Gasteiger partial charge in [-0.2, -0.15) is 5.10 Å². The van der Waals surface area contributed by atoms with Gasteiger partial charge >= 0.3 is 6.09 Å². The van der Waals surface area contributed by atoms with Crippen molar-refractivity contribution in [3.63, 3.8) is 0 Å². The number of amides is 1. The maximum Gasteiger partial charge on any atom is 0.407 e. The van der Waals surface area contributed by atoms with Crippen LogP contribution in [0.2, 0.25) is 5.02 Å². The number of carbonyl (C=O) groups is 2. The highest BCUT2D eigenvalue weighted by molar-refractivity contribution is 6.31. The van der Waals surface area contributed by atoms with Crippen LogP contribution in [0.3, 0.4) is 0 Å². The summed E-state index contributed by atoms with van der Waals surface area (Å²) in [7, 11) is 1.56. The Morgan fingerprint density at radius 1 is 1.34 bits per heavy atom. The fourth-order valence-electron chi connectivity index (χ4n) is 3.87. The number of alkyl carbamates (subject to hydrolysis) is 1. The standard InChI is InChI=1S/C23H31ClN4O4/c1-23(2,3)32-22(30)25-17-9-7-11-27(13-17)21-18(12-16-8-5-6-10-19(16)24)20(14-29)28(26-21)15-31-4/h5-6,8,10,14,17H,7,9,11-13,15H2,1-4H3,(H,25,30)/t17-/m1/s1. The smallest absolute Gasteiger partial charge is 0.407 e. The number of anilines is 1. The van der Waals surface area contributed by atoms with E-state index in [1.54, 1.807) is 11.8 Å². The van der Waals surface area contributed by atoms with Crippen molar-refractivity contribution in [3.05, 3.63) is 46.1 Å². The third-order valence-corrected chi connectivity index (χ3v) is 5.57. The van der Waals surface area contributed by atoms with Crippen LogP contribution >= 0.6 is 11.6 Å². The van der Waals surface area contributed by atoms with Crippen molar-refractivity contribution in [2.24, 2.45) is 0 Å². The van der Waals surface area contributed by atoms with Gasteiger partial charge < -0.3 is 19.7 Å². The second-order valence-electron chi connectivity index (χ2n) is 8.92. The second kappa shape index (κ2) is 10.4. The summed E-state index contributed by atoms with van der Waals surface area (Å²) < 4.78 is 12.2. The van der Waals surface area contributed by atoms with Gasteiger partial charge in [-0.25, -0.2) is 9.48 Å². The first kappa shape index (κ1) is 24.1. The van der Waals surface area contributed by atoms with Gasteiger partial charge in [0.1, 0.15) is 18.0 Å². The predicted molar refractivity (Wildman–Crippen MR) is 123 cm³/mol. The van der Waals surface area contributed by atoms with Gasteiger partial charge in [0, 0.05) is 43.2 Å². The lowest BCUT2D eigenvalue weighted by Crippen LogP contribution is -2.49. The summed E-state index contributed by atoms with van der Waals surface area (Å²) >= 11 is 6.39. The largest absolute Gasteiger partial charge is 0.444 e. The highest BCUT2D eigenvalue weighted by atomic mass is 35.5. The maximum absolute atomic E-state index is 12.3. The first-order chi connectivity index (χ1) is 15.2. The van der Waals surface area contributed by atoms with E-state index >= 15 is 0 Å². The number of ether oxygens (including phenoxy) is 2. The Bertz CT molecular complexity index is 954. The Kier molecular flexibility index (Phi) is 7.79. The number of carbonyl (C=O) groups excluding carboxylic acids is 2. The molecule has 3 rings (SSSR count). The Balaban J connectivity index is 1.87.